The summed E-state index contributed by atoms with van der Waals surface area (Å²) in [7, 11) is 0. The van der Waals surface area contributed by atoms with E-state index >= 15 is 0 Å². The van der Waals surface area contributed by atoms with E-state index in [2.05, 4.69) is 23.1 Å². The molecule has 40 heavy (non-hydrogen) atoms. The van der Waals surface area contributed by atoms with Gasteiger partial charge in [-0.05, 0) is 39.0 Å². The van der Waals surface area contributed by atoms with Crippen molar-refractivity contribution in [1.82, 2.24) is 14.7 Å². The molecule has 0 bridgehead atoms. The third-order valence-electron chi connectivity index (χ3n) is 9.18. The second kappa shape index (κ2) is 13.0. The predicted molar refractivity (Wildman–Crippen MR) is 154 cm³/mol. The molecule has 0 saturated carbocycles. The molecule has 0 aromatic rings. The second-order valence-electron chi connectivity index (χ2n) is 11.9. The molecule has 222 valence electrons. The van der Waals surface area contributed by atoms with Crippen LogP contribution in [0.5, 0.6) is 0 Å². The fraction of sp³-hybridized carbons (Fsp3) is 0.767. The van der Waals surface area contributed by atoms with Crippen molar-refractivity contribution in [3.05, 3.63) is 24.3 Å². The summed E-state index contributed by atoms with van der Waals surface area (Å²) in [6.45, 7) is 8.01. The van der Waals surface area contributed by atoms with Crippen molar-refractivity contribution in [3.63, 3.8) is 0 Å². The maximum Gasteiger partial charge on any atom is 0.311 e. The zero-order valence-electron chi connectivity index (χ0n) is 23.8. The molecule has 1 spiro atoms. The van der Waals surface area contributed by atoms with Crippen molar-refractivity contribution in [2.24, 2.45) is 11.8 Å². The maximum absolute atomic E-state index is 14.4. The highest BCUT2D eigenvalue weighted by atomic mass is 32.2. The molecule has 0 radical (unpaired) electrons. The predicted octanol–water partition coefficient (Wildman–Crippen LogP) is 2.24. The average Bonchev–Trinajstić information content (AvgIpc) is 3.27. The summed E-state index contributed by atoms with van der Waals surface area (Å²) < 4.78 is 9.77. The highest BCUT2D eigenvalue weighted by molar-refractivity contribution is 8.02. The molecule has 3 fully saturated rings. The van der Waals surface area contributed by atoms with Crippen molar-refractivity contribution in [2.75, 3.05) is 65.7 Å². The molecule has 1 N–H and O–H groups in total. The Balaban J connectivity index is 1.46. The Morgan fingerprint density at radius 2 is 1.73 bits per heavy atom. The van der Waals surface area contributed by atoms with Crippen LogP contribution in [0.2, 0.25) is 0 Å². The summed E-state index contributed by atoms with van der Waals surface area (Å²) in [5, 5.41) is 9.18. The quantitative estimate of drug-likeness (QED) is 0.254. The number of nitrogens with zero attached hydrogens (tertiary/aromatic N) is 3. The first-order valence-electron chi connectivity index (χ1n) is 15.1. The summed E-state index contributed by atoms with van der Waals surface area (Å²) in [5.41, 5.74) is 0. The van der Waals surface area contributed by atoms with Crippen molar-refractivity contribution >= 4 is 29.5 Å². The van der Waals surface area contributed by atoms with E-state index in [-0.39, 0.29) is 24.4 Å². The number of aliphatic hydroxyl groups is 1. The molecule has 5 aliphatic heterocycles. The van der Waals surface area contributed by atoms with Crippen molar-refractivity contribution < 1.29 is 29.0 Å². The van der Waals surface area contributed by atoms with Crippen LogP contribution in [0, 0.1) is 11.8 Å². The number of fused-ring (bicyclic) bond motifs is 2. The molecular formula is C30H45N3O6S. The number of cyclic esters (lactones) is 1. The number of esters is 1. The summed E-state index contributed by atoms with van der Waals surface area (Å²) in [6.07, 6.45) is 14.3. The van der Waals surface area contributed by atoms with Gasteiger partial charge in [-0.2, -0.15) is 0 Å². The smallest absolute Gasteiger partial charge is 0.311 e. The number of hydrogen-bond donors (Lipinski definition) is 1. The Bertz CT molecular complexity index is 1000. The number of thioether (sulfide) groups is 1. The number of aliphatic hydroxyl groups excluding tert-OH is 1. The summed E-state index contributed by atoms with van der Waals surface area (Å²) in [5.74, 6) is -1.76. The van der Waals surface area contributed by atoms with Gasteiger partial charge >= 0.3 is 5.97 Å². The van der Waals surface area contributed by atoms with Crippen LogP contribution >= 0.6 is 11.8 Å². The van der Waals surface area contributed by atoms with Crippen molar-refractivity contribution in [1.29, 1.82) is 0 Å². The Labute approximate surface area is 242 Å². The van der Waals surface area contributed by atoms with Crippen LogP contribution in [-0.2, 0) is 23.9 Å². The van der Waals surface area contributed by atoms with Crippen LogP contribution < -0.4 is 0 Å². The highest BCUT2D eigenvalue weighted by Gasteiger charge is 2.73. The number of allylic oxidation sites excluding steroid dienone is 1. The zero-order valence-corrected chi connectivity index (χ0v) is 24.6. The van der Waals surface area contributed by atoms with Gasteiger partial charge in [-0.25, -0.2) is 0 Å². The number of carbonyl (C=O) groups excluding carboxylic acids is 3. The molecule has 2 amide bonds. The molecule has 5 rings (SSSR count). The van der Waals surface area contributed by atoms with Crippen LogP contribution in [0.25, 0.3) is 0 Å². The molecular weight excluding hydrogens is 530 g/mol. The Kier molecular flexibility index (Phi) is 9.60. The first-order chi connectivity index (χ1) is 19.4. The number of ether oxygens (including phenoxy) is 2. The van der Waals surface area contributed by atoms with E-state index in [1.807, 2.05) is 17.9 Å². The minimum atomic E-state index is -0.830. The van der Waals surface area contributed by atoms with E-state index < -0.39 is 27.4 Å². The van der Waals surface area contributed by atoms with E-state index in [1.54, 1.807) is 16.7 Å². The zero-order chi connectivity index (χ0) is 28.2. The lowest BCUT2D eigenvalue weighted by Gasteiger charge is -2.37. The molecule has 0 aliphatic carbocycles. The first kappa shape index (κ1) is 29.6. The van der Waals surface area contributed by atoms with E-state index in [0.717, 1.165) is 64.6 Å². The number of carbonyl (C=O) groups is 3. The molecule has 9 nitrogen and oxygen atoms in total. The Morgan fingerprint density at radius 1 is 0.925 bits per heavy atom. The first-order valence-corrected chi connectivity index (χ1v) is 16.0. The molecule has 1 unspecified atom stereocenters. The van der Waals surface area contributed by atoms with Gasteiger partial charge in [-0.3, -0.25) is 19.3 Å². The van der Waals surface area contributed by atoms with E-state index in [0.29, 0.717) is 39.5 Å². The number of amides is 2. The average molecular weight is 576 g/mol. The minimum absolute atomic E-state index is 0.0263. The molecule has 5 heterocycles. The fourth-order valence-corrected chi connectivity index (χ4v) is 9.27. The van der Waals surface area contributed by atoms with Gasteiger partial charge in [0.25, 0.3) is 0 Å². The van der Waals surface area contributed by atoms with Gasteiger partial charge < -0.3 is 24.4 Å². The van der Waals surface area contributed by atoms with Crippen molar-refractivity contribution in [2.45, 2.75) is 67.4 Å². The van der Waals surface area contributed by atoms with E-state index in [4.69, 9.17) is 9.47 Å². The van der Waals surface area contributed by atoms with Gasteiger partial charge in [-0.1, -0.05) is 37.1 Å². The summed E-state index contributed by atoms with van der Waals surface area (Å²) in [6, 6.07) is -0.660. The largest absolute Gasteiger partial charge is 0.465 e. The minimum Gasteiger partial charge on any atom is -0.465 e. The SMILES string of the molecule is C[C@@]12/C=C\CCCCOC(=O)[C@@H]1[C@H]1C(=O)N(CCCCCCO)C3C(=O)N(CCN4CCOCC4)CC=C[C@@]31S2. The number of rotatable bonds is 9. The van der Waals surface area contributed by atoms with Crippen LogP contribution in [0.4, 0.5) is 0 Å². The normalized spacial score (nSPS) is 35.6. The maximum atomic E-state index is 14.4. The third-order valence-corrected chi connectivity index (χ3v) is 11.0. The number of hydrogen-bond acceptors (Lipinski definition) is 8. The molecule has 5 aliphatic rings. The van der Waals surface area contributed by atoms with Gasteiger partial charge in [-0.15, -0.1) is 11.8 Å². The molecule has 3 saturated heterocycles. The van der Waals surface area contributed by atoms with E-state index in [9.17, 15) is 19.5 Å². The number of unbranched alkanes of at least 4 members (excludes halogenated alkanes) is 3. The number of likely N-dealkylation sites (tertiary alicyclic amines) is 1. The highest BCUT2D eigenvalue weighted by Crippen LogP contribution is 2.65. The van der Waals surface area contributed by atoms with Gasteiger partial charge in [0, 0.05) is 50.6 Å². The molecule has 10 heteroatoms. The monoisotopic (exact) mass is 575 g/mol. The summed E-state index contributed by atoms with van der Waals surface area (Å²) in [4.78, 5) is 48.4. The molecule has 0 aromatic heterocycles. The standard InChI is InChI=1S/C30H45N3O6S/c1-29-11-6-2-5-9-20-39-28(37)24(29)23-26(35)33(14-7-3-4-8-19-34)25-27(36)32(13-10-12-30(23,25)40-29)16-15-31-17-21-38-22-18-31/h6,10-12,23-25,34H,2-5,7-9,13-22H2,1H3/b11-6-/t23-,24-,25?,29+,30-/m0/s1. The summed E-state index contributed by atoms with van der Waals surface area (Å²) >= 11 is 1.62. The lowest BCUT2D eigenvalue weighted by atomic mass is 9.74. The van der Waals surface area contributed by atoms with E-state index in [1.165, 1.54) is 0 Å². The third kappa shape index (κ3) is 5.74. The second-order valence-corrected chi connectivity index (χ2v) is 13.7. The van der Waals surface area contributed by atoms with Crippen LogP contribution in [0.1, 0.15) is 51.9 Å². The Morgan fingerprint density at radius 3 is 2.52 bits per heavy atom. The topological polar surface area (TPSA) is 99.6 Å². The van der Waals surface area contributed by atoms with Gasteiger partial charge in [0.2, 0.25) is 11.8 Å². The van der Waals surface area contributed by atoms with Crippen molar-refractivity contribution in [3.8, 4) is 0 Å². The lowest BCUT2D eigenvalue weighted by Crippen LogP contribution is -2.54. The lowest BCUT2D eigenvalue weighted by molar-refractivity contribution is -0.154. The molecule has 0 aromatic carbocycles. The number of morpholine rings is 1. The van der Waals surface area contributed by atoms with Gasteiger partial charge in [0.1, 0.15) is 6.04 Å². The Hall–Kier alpha value is -1.88. The van der Waals surface area contributed by atoms with Crippen LogP contribution in [-0.4, -0.2) is 119 Å². The van der Waals surface area contributed by atoms with Gasteiger partial charge in [0.05, 0.1) is 36.4 Å². The van der Waals surface area contributed by atoms with Crippen LogP contribution in [0.3, 0.4) is 0 Å². The van der Waals surface area contributed by atoms with Crippen LogP contribution in [0.15, 0.2) is 24.3 Å². The fourth-order valence-electron chi connectivity index (χ4n) is 7.12. The molecule has 5 atom stereocenters. The van der Waals surface area contributed by atoms with Gasteiger partial charge in [0.15, 0.2) is 0 Å².